The molecule has 0 spiro atoms. The van der Waals surface area contributed by atoms with E-state index in [4.69, 9.17) is 22.3 Å². The Morgan fingerprint density at radius 2 is 1.07 bits per heavy atom. The summed E-state index contributed by atoms with van der Waals surface area (Å²) in [7, 11) is 0. The number of carboxylic acid groups (broad SMARTS) is 1. The topological polar surface area (TPSA) is 119 Å². The first kappa shape index (κ1) is 36.5. The molecule has 0 amide bonds. The zero-order chi connectivity index (χ0) is 19.7. The molecule has 29 heavy (non-hydrogen) atoms. The Morgan fingerprint density at radius 3 is 1.38 bits per heavy atom. The van der Waals surface area contributed by atoms with E-state index >= 15 is 0 Å². The number of hydrogen-bond acceptors (Lipinski definition) is 5. The number of aliphatic carboxylic acids is 1. The highest BCUT2D eigenvalue weighted by atomic mass is 35.5. The SMILES string of the molecule is CCCCCCCCCCCCCCCCN(CC(=O)O)CC(N)(N)N.Cl.Cl.Cl. The monoisotopic (exact) mass is 480 g/mol. The standard InChI is InChI=1S/C20H44N4O2.3ClH/c1-2-3-4-5-6-7-8-9-10-11-12-13-14-15-16-24(17-19(25)26)18-20(21,22)23;;;/h2-18,21-23H2,1H3,(H,25,26);3*1H. The molecule has 0 aliphatic carbocycles. The zero-order valence-corrected chi connectivity index (χ0v) is 20.7. The number of nitrogens with zero attached hydrogens (tertiary/aromatic N) is 1. The van der Waals surface area contributed by atoms with Crippen molar-refractivity contribution in [2.24, 2.45) is 17.2 Å². The Hall–Kier alpha value is 0.180. The van der Waals surface area contributed by atoms with Crippen molar-refractivity contribution in [1.29, 1.82) is 0 Å². The van der Waals surface area contributed by atoms with Gasteiger partial charge in [0.15, 0.2) is 0 Å². The van der Waals surface area contributed by atoms with Crippen LogP contribution in [0.15, 0.2) is 0 Å². The van der Waals surface area contributed by atoms with Crippen LogP contribution in [0.1, 0.15) is 96.8 Å². The normalized spacial score (nSPS) is 10.8. The molecule has 0 unspecified atom stereocenters. The summed E-state index contributed by atoms with van der Waals surface area (Å²) in [6.45, 7) is 3.07. The third kappa shape index (κ3) is 30.5. The zero-order valence-electron chi connectivity index (χ0n) is 18.3. The average molecular weight is 482 g/mol. The second-order valence-corrected chi connectivity index (χ2v) is 7.81. The Labute approximate surface area is 197 Å². The fourth-order valence-electron chi connectivity index (χ4n) is 3.32. The van der Waals surface area contributed by atoms with E-state index in [-0.39, 0.29) is 50.3 Å². The molecule has 0 aliphatic heterocycles. The highest BCUT2D eigenvalue weighted by molar-refractivity contribution is 5.86. The quantitative estimate of drug-likeness (QED) is 0.157. The van der Waals surface area contributed by atoms with Crippen molar-refractivity contribution in [1.82, 2.24) is 4.90 Å². The summed E-state index contributed by atoms with van der Waals surface area (Å²) in [6.07, 6.45) is 18.3. The van der Waals surface area contributed by atoms with Gasteiger partial charge in [-0.1, -0.05) is 90.4 Å². The molecule has 0 fully saturated rings. The number of nitrogens with two attached hydrogens (primary N) is 3. The first-order chi connectivity index (χ1) is 12.3. The van der Waals surface area contributed by atoms with Crippen LogP contribution in [-0.2, 0) is 4.79 Å². The Morgan fingerprint density at radius 1 is 0.724 bits per heavy atom. The third-order valence-electron chi connectivity index (χ3n) is 4.68. The van der Waals surface area contributed by atoms with E-state index in [1.165, 1.54) is 77.0 Å². The molecule has 0 saturated heterocycles. The maximum atomic E-state index is 10.9. The minimum Gasteiger partial charge on any atom is -0.480 e. The van der Waals surface area contributed by atoms with Gasteiger partial charge >= 0.3 is 5.97 Å². The van der Waals surface area contributed by atoms with Gasteiger partial charge in [-0.3, -0.25) is 9.69 Å². The fraction of sp³-hybridized carbons (Fsp3) is 0.950. The van der Waals surface area contributed by atoms with E-state index < -0.39 is 11.8 Å². The first-order valence-corrected chi connectivity index (χ1v) is 10.7. The average Bonchev–Trinajstić information content (AvgIpc) is 2.53. The van der Waals surface area contributed by atoms with E-state index in [1.54, 1.807) is 4.90 Å². The Balaban J connectivity index is -0.00000104. The number of carbonyl (C=O) groups is 1. The van der Waals surface area contributed by atoms with Gasteiger partial charge in [-0.2, -0.15) is 0 Å². The van der Waals surface area contributed by atoms with Gasteiger partial charge in [0.1, 0.15) is 5.79 Å². The van der Waals surface area contributed by atoms with Crippen molar-refractivity contribution in [3.05, 3.63) is 0 Å². The predicted molar refractivity (Wildman–Crippen MR) is 131 cm³/mol. The maximum Gasteiger partial charge on any atom is 0.317 e. The van der Waals surface area contributed by atoms with Crippen LogP contribution in [0.3, 0.4) is 0 Å². The van der Waals surface area contributed by atoms with Crippen molar-refractivity contribution >= 4 is 43.2 Å². The molecule has 0 aromatic carbocycles. The Bertz CT molecular complexity index is 346. The molecule has 0 atom stereocenters. The minimum absolute atomic E-state index is 0. The van der Waals surface area contributed by atoms with E-state index in [1.807, 2.05) is 0 Å². The summed E-state index contributed by atoms with van der Waals surface area (Å²) in [6, 6.07) is 0. The van der Waals surface area contributed by atoms with Gasteiger partial charge in [0.2, 0.25) is 0 Å². The molecule has 7 N–H and O–H groups in total. The van der Waals surface area contributed by atoms with Crippen LogP contribution in [0, 0.1) is 0 Å². The molecule has 9 heteroatoms. The van der Waals surface area contributed by atoms with Crippen LogP contribution in [0.5, 0.6) is 0 Å². The lowest BCUT2D eigenvalue weighted by Gasteiger charge is -2.28. The molecule has 0 rings (SSSR count). The van der Waals surface area contributed by atoms with Gasteiger partial charge in [0.05, 0.1) is 6.54 Å². The van der Waals surface area contributed by atoms with Crippen LogP contribution in [0.25, 0.3) is 0 Å². The van der Waals surface area contributed by atoms with Gasteiger partial charge < -0.3 is 22.3 Å². The van der Waals surface area contributed by atoms with Gasteiger partial charge in [0, 0.05) is 6.54 Å². The molecule has 0 heterocycles. The Kier molecular flexibility index (Phi) is 30.8. The number of hydrogen-bond donors (Lipinski definition) is 4. The molecular formula is C20H47Cl3N4O2. The number of rotatable bonds is 19. The van der Waals surface area contributed by atoms with Gasteiger partial charge in [-0.05, 0) is 13.0 Å². The van der Waals surface area contributed by atoms with Crippen LogP contribution >= 0.6 is 37.2 Å². The van der Waals surface area contributed by atoms with Crippen LogP contribution < -0.4 is 17.2 Å². The number of carboxylic acids is 1. The van der Waals surface area contributed by atoms with Crippen molar-refractivity contribution in [3.8, 4) is 0 Å². The van der Waals surface area contributed by atoms with Crippen molar-refractivity contribution in [2.75, 3.05) is 19.6 Å². The van der Waals surface area contributed by atoms with Gasteiger partial charge in [0.25, 0.3) is 0 Å². The summed E-state index contributed by atoms with van der Waals surface area (Å²) in [5.74, 6) is -2.22. The lowest BCUT2D eigenvalue weighted by atomic mass is 10.0. The number of unbranched alkanes of at least 4 members (excludes halogenated alkanes) is 13. The highest BCUT2D eigenvalue weighted by Crippen LogP contribution is 2.13. The smallest absolute Gasteiger partial charge is 0.317 e. The lowest BCUT2D eigenvalue weighted by Crippen LogP contribution is -2.64. The van der Waals surface area contributed by atoms with Crippen molar-refractivity contribution in [2.45, 2.75) is 103 Å². The van der Waals surface area contributed by atoms with Crippen LogP contribution in [0.4, 0.5) is 0 Å². The summed E-state index contributed by atoms with van der Waals surface area (Å²) < 4.78 is 0. The molecular weight excluding hydrogens is 435 g/mol. The predicted octanol–water partition coefficient (Wildman–Crippen LogP) is 4.65. The van der Waals surface area contributed by atoms with Gasteiger partial charge in [-0.15, -0.1) is 37.2 Å². The van der Waals surface area contributed by atoms with E-state index in [0.29, 0.717) is 6.54 Å². The first-order valence-electron chi connectivity index (χ1n) is 10.7. The summed E-state index contributed by atoms with van der Waals surface area (Å²) in [5.41, 5.74) is 16.7. The molecule has 0 aromatic rings. The second kappa shape index (κ2) is 24.4. The van der Waals surface area contributed by atoms with E-state index in [0.717, 1.165) is 12.8 Å². The molecule has 0 aromatic heterocycles. The summed E-state index contributed by atoms with van der Waals surface area (Å²) in [4.78, 5) is 12.6. The fourth-order valence-corrected chi connectivity index (χ4v) is 3.32. The molecule has 180 valence electrons. The molecule has 6 nitrogen and oxygen atoms in total. The van der Waals surface area contributed by atoms with Crippen LogP contribution in [-0.4, -0.2) is 41.4 Å². The molecule has 0 bridgehead atoms. The molecule has 0 saturated carbocycles. The maximum absolute atomic E-state index is 10.9. The van der Waals surface area contributed by atoms with Crippen LogP contribution in [0.2, 0.25) is 0 Å². The third-order valence-corrected chi connectivity index (χ3v) is 4.68. The summed E-state index contributed by atoms with van der Waals surface area (Å²) >= 11 is 0. The summed E-state index contributed by atoms with van der Waals surface area (Å²) in [5, 5.41) is 8.93. The highest BCUT2D eigenvalue weighted by Gasteiger charge is 2.19. The van der Waals surface area contributed by atoms with Gasteiger partial charge in [-0.25, -0.2) is 0 Å². The van der Waals surface area contributed by atoms with E-state index in [2.05, 4.69) is 6.92 Å². The molecule has 0 aliphatic rings. The molecule has 0 radical (unpaired) electrons. The number of halogens is 3. The second-order valence-electron chi connectivity index (χ2n) is 7.81. The lowest BCUT2D eigenvalue weighted by molar-refractivity contribution is -0.138. The minimum atomic E-state index is -1.34. The van der Waals surface area contributed by atoms with Crippen molar-refractivity contribution < 1.29 is 9.90 Å². The van der Waals surface area contributed by atoms with Crippen molar-refractivity contribution in [3.63, 3.8) is 0 Å². The largest absolute Gasteiger partial charge is 0.480 e. The van der Waals surface area contributed by atoms with E-state index in [9.17, 15) is 4.79 Å².